The van der Waals surface area contributed by atoms with Crippen molar-refractivity contribution in [1.82, 2.24) is 0 Å². The fourth-order valence-electron chi connectivity index (χ4n) is 4.12. The number of non-ortho nitro benzene ring substituents is 1. The minimum absolute atomic E-state index is 0.0702. The fourth-order valence-corrected chi connectivity index (χ4v) is 6.08. The number of nitro benzene ring substituents is 1. The van der Waals surface area contributed by atoms with Gasteiger partial charge in [0.15, 0.2) is 5.11 Å². The Balaban J connectivity index is 1.89. The molecule has 0 radical (unpaired) electrons. The third-order valence-electron chi connectivity index (χ3n) is 5.25. The Morgan fingerprint density at radius 1 is 1.10 bits per heavy atom. The molecule has 0 fully saturated rings. The van der Waals surface area contributed by atoms with Crippen LogP contribution in [0.2, 0.25) is 0 Å². The molecular formula is C22H27N3O2S2. The number of nitro groups is 1. The Labute approximate surface area is 181 Å². The Bertz CT molecular complexity index is 1000. The van der Waals surface area contributed by atoms with Crippen LogP contribution in [0.5, 0.6) is 0 Å². The van der Waals surface area contributed by atoms with Crippen LogP contribution in [0.15, 0.2) is 35.2 Å². The molecule has 154 valence electrons. The van der Waals surface area contributed by atoms with Crippen LogP contribution in [0.25, 0.3) is 0 Å². The van der Waals surface area contributed by atoms with Crippen LogP contribution in [-0.4, -0.2) is 14.8 Å². The number of rotatable bonds is 3. The first-order valence-electron chi connectivity index (χ1n) is 9.56. The molecule has 3 rings (SSSR count). The third kappa shape index (κ3) is 4.56. The van der Waals surface area contributed by atoms with E-state index in [0.29, 0.717) is 5.11 Å². The van der Waals surface area contributed by atoms with Crippen molar-refractivity contribution < 1.29 is 4.92 Å². The van der Waals surface area contributed by atoms with Gasteiger partial charge in [-0.1, -0.05) is 39.8 Å². The van der Waals surface area contributed by atoms with Crippen LogP contribution < -0.4 is 10.6 Å². The monoisotopic (exact) mass is 429 g/mol. The average molecular weight is 430 g/mol. The molecule has 7 heteroatoms. The summed E-state index contributed by atoms with van der Waals surface area (Å²) in [4.78, 5) is 11.8. The van der Waals surface area contributed by atoms with Gasteiger partial charge in [-0.15, -0.1) is 11.8 Å². The molecule has 0 bridgehead atoms. The first-order valence-corrected chi connectivity index (χ1v) is 10.8. The maximum absolute atomic E-state index is 11.0. The maximum atomic E-state index is 11.0. The Kier molecular flexibility index (Phi) is 5.66. The van der Waals surface area contributed by atoms with Crippen molar-refractivity contribution in [3.8, 4) is 0 Å². The number of benzene rings is 2. The van der Waals surface area contributed by atoms with Gasteiger partial charge in [0, 0.05) is 27.5 Å². The van der Waals surface area contributed by atoms with Crippen molar-refractivity contribution in [2.45, 2.75) is 63.0 Å². The fraction of sp³-hybridized carbons (Fsp3) is 0.409. The van der Waals surface area contributed by atoms with E-state index in [-0.39, 0.29) is 15.8 Å². The van der Waals surface area contributed by atoms with E-state index in [4.69, 9.17) is 12.2 Å². The molecule has 2 aromatic rings. The molecule has 5 nitrogen and oxygen atoms in total. The molecule has 1 aliphatic rings. The van der Waals surface area contributed by atoms with Crippen molar-refractivity contribution in [2.75, 3.05) is 10.6 Å². The quantitative estimate of drug-likeness (QED) is 0.327. The van der Waals surface area contributed by atoms with E-state index in [0.717, 1.165) is 28.9 Å². The first-order chi connectivity index (χ1) is 13.4. The lowest BCUT2D eigenvalue weighted by Gasteiger charge is -2.42. The molecule has 0 aromatic heterocycles. The van der Waals surface area contributed by atoms with E-state index in [1.54, 1.807) is 12.1 Å². The summed E-state index contributed by atoms with van der Waals surface area (Å²) < 4.78 is 0.130. The third-order valence-corrected chi connectivity index (χ3v) is 6.78. The predicted octanol–water partition coefficient (Wildman–Crippen LogP) is 6.57. The number of nitrogens with zero attached hydrogens (tertiary/aromatic N) is 1. The molecule has 0 unspecified atom stereocenters. The van der Waals surface area contributed by atoms with Crippen LogP contribution in [0, 0.1) is 24.0 Å². The summed E-state index contributed by atoms with van der Waals surface area (Å²) in [6.07, 6.45) is 1.10. The SMILES string of the molecule is Cc1cc([N+](=O)[O-])ccc1NC(=S)Nc1c(C)ccc2c1SC(C)(C)CC2(C)C. The summed E-state index contributed by atoms with van der Waals surface area (Å²) in [6.45, 7) is 13.1. The number of hydrogen-bond acceptors (Lipinski definition) is 4. The molecule has 2 N–H and O–H groups in total. The zero-order valence-electron chi connectivity index (χ0n) is 17.7. The first kappa shape index (κ1) is 21.6. The lowest BCUT2D eigenvalue weighted by Crippen LogP contribution is -2.34. The van der Waals surface area contributed by atoms with E-state index in [2.05, 4.69) is 57.4 Å². The number of aryl methyl sites for hydroxylation is 2. The van der Waals surface area contributed by atoms with Gasteiger partial charge in [0.25, 0.3) is 5.69 Å². The normalized spacial score (nSPS) is 16.6. The van der Waals surface area contributed by atoms with Gasteiger partial charge < -0.3 is 10.6 Å². The van der Waals surface area contributed by atoms with Gasteiger partial charge in [0.05, 0.1) is 10.6 Å². The highest BCUT2D eigenvalue weighted by Crippen LogP contribution is 2.53. The van der Waals surface area contributed by atoms with Crippen molar-refractivity contribution in [1.29, 1.82) is 0 Å². The molecular weight excluding hydrogens is 402 g/mol. The van der Waals surface area contributed by atoms with Crippen molar-refractivity contribution in [3.05, 3.63) is 57.1 Å². The van der Waals surface area contributed by atoms with Crippen LogP contribution >= 0.6 is 24.0 Å². The van der Waals surface area contributed by atoms with Gasteiger partial charge >= 0.3 is 0 Å². The van der Waals surface area contributed by atoms with Crippen molar-refractivity contribution in [2.24, 2.45) is 0 Å². The molecule has 2 aromatic carbocycles. The zero-order valence-corrected chi connectivity index (χ0v) is 19.3. The second kappa shape index (κ2) is 7.61. The number of thiocarbonyl (C=S) groups is 1. The van der Waals surface area contributed by atoms with E-state index in [1.165, 1.54) is 16.5 Å². The Morgan fingerprint density at radius 2 is 1.79 bits per heavy atom. The van der Waals surface area contributed by atoms with Gasteiger partial charge in [0.2, 0.25) is 0 Å². The second-order valence-corrected chi connectivity index (χ2v) is 11.0. The smallest absolute Gasteiger partial charge is 0.269 e. The summed E-state index contributed by atoms with van der Waals surface area (Å²) in [5, 5.41) is 18.0. The lowest BCUT2D eigenvalue weighted by molar-refractivity contribution is -0.384. The zero-order chi connectivity index (χ0) is 21.6. The molecule has 0 aliphatic carbocycles. The summed E-state index contributed by atoms with van der Waals surface area (Å²) in [6, 6.07) is 9.09. The van der Waals surface area contributed by atoms with Crippen LogP contribution in [0.1, 0.15) is 50.8 Å². The maximum Gasteiger partial charge on any atom is 0.269 e. The van der Waals surface area contributed by atoms with Crippen molar-refractivity contribution >= 4 is 46.2 Å². The Morgan fingerprint density at radius 3 is 2.41 bits per heavy atom. The predicted molar refractivity (Wildman–Crippen MR) is 126 cm³/mol. The molecule has 0 atom stereocenters. The number of anilines is 2. The molecule has 29 heavy (non-hydrogen) atoms. The minimum Gasteiger partial charge on any atom is -0.332 e. The van der Waals surface area contributed by atoms with Crippen LogP contribution in [0.3, 0.4) is 0 Å². The lowest BCUT2D eigenvalue weighted by atomic mass is 9.76. The number of fused-ring (bicyclic) bond motifs is 1. The van der Waals surface area contributed by atoms with E-state index < -0.39 is 4.92 Å². The van der Waals surface area contributed by atoms with Gasteiger partial charge in [-0.3, -0.25) is 10.1 Å². The van der Waals surface area contributed by atoms with Gasteiger partial charge in [0.1, 0.15) is 0 Å². The highest BCUT2D eigenvalue weighted by molar-refractivity contribution is 8.01. The molecule has 0 amide bonds. The summed E-state index contributed by atoms with van der Waals surface area (Å²) in [7, 11) is 0. The molecule has 0 spiro atoms. The van der Waals surface area contributed by atoms with Gasteiger partial charge in [-0.05, 0) is 60.7 Å². The van der Waals surface area contributed by atoms with E-state index in [1.807, 2.05) is 18.7 Å². The summed E-state index contributed by atoms with van der Waals surface area (Å²) >= 11 is 7.46. The summed E-state index contributed by atoms with van der Waals surface area (Å²) in [5.74, 6) is 0. The van der Waals surface area contributed by atoms with Crippen molar-refractivity contribution in [3.63, 3.8) is 0 Å². The molecule has 1 aliphatic heterocycles. The average Bonchev–Trinajstić information content (AvgIpc) is 2.57. The highest BCUT2D eigenvalue weighted by atomic mass is 32.2. The molecule has 0 saturated heterocycles. The largest absolute Gasteiger partial charge is 0.332 e. The van der Waals surface area contributed by atoms with Gasteiger partial charge in [-0.25, -0.2) is 0 Å². The van der Waals surface area contributed by atoms with E-state index >= 15 is 0 Å². The second-order valence-electron chi connectivity index (χ2n) is 8.89. The number of nitrogens with one attached hydrogen (secondary N) is 2. The molecule has 0 saturated carbocycles. The number of thioether (sulfide) groups is 1. The van der Waals surface area contributed by atoms with E-state index in [9.17, 15) is 10.1 Å². The summed E-state index contributed by atoms with van der Waals surface area (Å²) in [5.41, 5.74) is 5.18. The standard InChI is InChI=1S/C22H27N3O2S2/c1-13-7-9-16-19(29-22(5,6)12-21(16,3)4)18(13)24-20(28)23-17-10-8-15(25(26)27)11-14(17)2/h7-11H,12H2,1-6H3,(H2,23,24,28). The minimum atomic E-state index is -0.395. The highest BCUT2D eigenvalue weighted by Gasteiger charge is 2.39. The van der Waals surface area contributed by atoms with Crippen LogP contribution in [-0.2, 0) is 5.41 Å². The number of hydrogen-bond donors (Lipinski definition) is 2. The topological polar surface area (TPSA) is 67.2 Å². The molecule has 1 heterocycles. The Hall–Kier alpha value is -2.12. The van der Waals surface area contributed by atoms with Crippen LogP contribution in [0.4, 0.5) is 17.1 Å². The van der Waals surface area contributed by atoms with Gasteiger partial charge in [-0.2, -0.15) is 0 Å².